The summed E-state index contributed by atoms with van der Waals surface area (Å²) in [6.45, 7) is -0.385. The van der Waals surface area contributed by atoms with Crippen molar-refractivity contribution in [3.8, 4) is 16.2 Å². The largest absolute Gasteiger partial charge is 0.491 e. The van der Waals surface area contributed by atoms with Gasteiger partial charge in [0.15, 0.2) is 0 Å². The van der Waals surface area contributed by atoms with Gasteiger partial charge in [-0.25, -0.2) is 9.37 Å². The van der Waals surface area contributed by atoms with Crippen LogP contribution in [0, 0.1) is 0 Å². The normalized spacial score (nSPS) is 16.4. The first-order chi connectivity index (χ1) is 13.3. The molecule has 0 aliphatic heterocycles. The number of alkyl halides is 1. The van der Waals surface area contributed by atoms with Gasteiger partial charge in [-0.3, -0.25) is 0 Å². The molecule has 5 heteroatoms. The number of hydrogen-bond donors (Lipinski definition) is 1. The van der Waals surface area contributed by atoms with Gasteiger partial charge < -0.3 is 10.1 Å². The maximum absolute atomic E-state index is 12.2. The van der Waals surface area contributed by atoms with Crippen LogP contribution in [0.1, 0.15) is 18.0 Å². The van der Waals surface area contributed by atoms with Crippen LogP contribution < -0.4 is 10.1 Å². The molecule has 1 aliphatic carbocycles. The number of nitrogens with zero attached hydrogens (tertiary/aromatic N) is 1. The zero-order chi connectivity index (χ0) is 18.6. The molecule has 138 valence electrons. The molecule has 1 unspecified atom stereocenters. The Morgan fingerprint density at radius 2 is 2.07 bits per heavy atom. The molecule has 3 aromatic rings. The highest BCUT2D eigenvalue weighted by Gasteiger charge is 2.14. The van der Waals surface area contributed by atoms with Gasteiger partial charge in [-0.1, -0.05) is 18.2 Å². The van der Waals surface area contributed by atoms with Crippen LogP contribution >= 0.6 is 11.3 Å². The fraction of sp³-hybridized carbons (Fsp3) is 0.227. The lowest BCUT2D eigenvalue weighted by Crippen LogP contribution is -2.08. The van der Waals surface area contributed by atoms with E-state index in [2.05, 4.69) is 41.7 Å². The highest BCUT2D eigenvalue weighted by atomic mass is 32.1. The van der Waals surface area contributed by atoms with Gasteiger partial charge in [-0.2, -0.15) is 0 Å². The fourth-order valence-corrected chi connectivity index (χ4v) is 4.22. The standard InChI is InChI=1S/C22H21FN2OS/c1-24-18-7-2-15(3-8-18)20-11-6-17-14-21(27-22(17)25-20)16-4-9-19(10-5-16)26-13-12-23/h2,4-11,14-15,24H,3,12-13H2,1H3. The number of nitrogens with one attached hydrogen (secondary N) is 1. The molecule has 2 heterocycles. The minimum absolute atomic E-state index is 0.0928. The zero-order valence-corrected chi connectivity index (χ0v) is 15.9. The van der Waals surface area contributed by atoms with Gasteiger partial charge in [0.25, 0.3) is 0 Å². The van der Waals surface area contributed by atoms with E-state index in [1.807, 2.05) is 31.3 Å². The van der Waals surface area contributed by atoms with E-state index in [0.29, 0.717) is 11.7 Å². The number of fused-ring (bicyclic) bond motifs is 1. The summed E-state index contributed by atoms with van der Waals surface area (Å²) in [6, 6.07) is 14.2. The molecule has 1 aliphatic rings. The molecule has 1 aromatic carbocycles. The molecule has 27 heavy (non-hydrogen) atoms. The Morgan fingerprint density at radius 1 is 1.22 bits per heavy atom. The van der Waals surface area contributed by atoms with Crippen LogP contribution in [0.3, 0.4) is 0 Å². The van der Waals surface area contributed by atoms with Gasteiger partial charge in [0.1, 0.15) is 23.9 Å². The molecule has 0 bridgehead atoms. The van der Waals surface area contributed by atoms with Crippen molar-refractivity contribution in [2.75, 3.05) is 20.3 Å². The molecule has 1 N–H and O–H groups in total. The predicted molar refractivity (Wildman–Crippen MR) is 110 cm³/mol. The van der Waals surface area contributed by atoms with Crippen LogP contribution in [0.4, 0.5) is 4.39 Å². The lowest BCUT2D eigenvalue weighted by Gasteiger charge is -2.15. The topological polar surface area (TPSA) is 34.1 Å². The highest BCUT2D eigenvalue weighted by molar-refractivity contribution is 7.21. The van der Waals surface area contributed by atoms with E-state index in [9.17, 15) is 4.39 Å². The van der Waals surface area contributed by atoms with Crippen molar-refractivity contribution in [3.05, 3.63) is 72.1 Å². The van der Waals surface area contributed by atoms with E-state index in [0.717, 1.165) is 33.6 Å². The molecular formula is C22H21FN2OS. The Labute approximate surface area is 162 Å². The summed E-state index contributed by atoms with van der Waals surface area (Å²) in [5.41, 5.74) is 3.38. The Bertz CT molecular complexity index is 991. The summed E-state index contributed by atoms with van der Waals surface area (Å²) in [4.78, 5) is 7.13. The van der Waals surface area contributed by atoms with Crippen molar-refractivity contribution in [2.45, 2.75) is 12.3 Å². The summed E-state index contributed by atoms with van der Waals surface area (Å²) in [5.74, 6) is 1.01. The quantitative estimate of drug-likeness (QED) is 0.617. The average Bonchev–Trinajstić information content (AvgIpc) is 3.16. The van der Waals surface area contributed by atoms with E-state index in [1.54, 1.807) is 11.3 Å². The van der Waals surface area contributed by atoms with Gasteiger partial charge in [0.2, 0.25) is 0 Å². The van der Waals surface area contributed by atoms with Crippen molar-refractivity contribution in [2.24, 2.45) is 0 Å². The van der Waals surface area contributed by atoms with Crippen LogP contribution in [-0.2, 0) is 0 Å². The molecule has 0 saturated carbocycles. The Hall–Kier alpha value is -2.66. The molecule has 0 amide bonds. The summed E-state index contributed by atoms with van der Waals surface area (Å²) >= 11 is 1.69. The Balaban J connectivity index is 1.56. The SMILES string of the molecule is CNC1=CCC(c2ccc3cc(-c4ccc(OCCF)cc4)sc3n2)C=C1. The van der Waals surface area contributed by atoms with Crippen molar-refractivity contribution in [1.29, 1.82) is 0 Å². The molecule has 0 radical (unpaired) electrons. The molecule has 0 fully saturated rings. The predicted octanol–water partition coefficient (Wildman–Crippen LogP) is 5.46. The van der Waals surface area contributed by atoms with E-state index >= 15 is 0 Å². The van der Waals surface area contributed by atoms with Gasteiger partial charge in [-0.05, 0) is 54.5 Å². The van der Waals surface area contributed by atoms with Crippen LogP contribution in [0.25, 0.3) is 20.7 Å². The minimum Gasteiger partial charge on any atom is -0.491 e. The number of benzene rings is 1. The van der Waals surface area contributed by atoms with Crippen LogP contribution in [0.5, 0.6) is 5.75 Å². The summed E-state index contributed by atoms with van der Waals surface area (Å²) in [5, 5.41) is 4.33. The number of halogens is 1. The van der Waals surface area contributed by atoms with E-state index in [1.165, 1.54) is 4.88 Å². The summed E-state index contributed by atoms with van der Waals surface area (Å²) in [6.07, 6.45) is 7.50. The highest BCUT2D eigenvalue weighted by Crippen LogP contribution is 2.35. The maximum atomic E-state index is 12.2. The second-order valence-electron chi connectivity index (χ2n) is 6.41. The van der Waals surface area contributed by atoms with Crippen LogP contribution in [0.2, 0.25) is 0 Å². The van der Waals surface area contributed by atoms with Gasteiger partial charge in [0, 0.05) is 34.6 Å². The van der Waals surface area contributed by atoms with Crippen LogP contribution in [0.15, 0.2) is 66.4 Å². The third-order valence-corrected chi connectivity index (χ3v) is 5.75. The van der Waals surface area contributed by atoms with Gasteiger partial charge in [0.05, 0.1) is 0 Å². The lowest BCUT2D eigenvalue weighted by molar-refractivity contribution is 0.273. The molecule has 3 nitrogen and oxygen atoms in total. The Kier molecular flexibility index (Phi) is 5.21. The molecule has 2 aromatic heterocycles. The molecule has 4 rings (SSSR count). The Morgan fingerprint density at radius 3 is 2.78 bits per heavy atom. The number of aromatic nitrogens is 1. The number of likely N-dealkylation sites (N-methyl/N-ethyl adjacent to an activating group) is 1. The number of thiophene rings is 1. The third-order valence-electron chi connectivity index (χ3n) is 4.66. The first-order valence-electron chi connectivity index (χ1n) is 9.02. The van der Waals surface area contributed by atoms with Crippen LogP contribution in [-0.4, -0.2) is 25.3 Å². The molecule has 0 spiro atoms. The number of allylic oxidation sites excluding steroid dienone is 3. The smallest absolute Gasteiger partial charge is 0.124 e. The maximum Gasteiger partial charge on any atom is 0.124 e. The minimum atomic E-state index is -0.478. The van der Waals surface area contributed by atoms with E-state index in [-0.39, 0.29) is 6.61 Å². The number of rotatable bonds is 6. The third kappa shape index (κ3) is 3.88. The van der Waals surface area contributed by atoms with Crippen molar-refractivity contribution >= 4 is 21.6 Å². The zero-order valence-electron chi connectivity index (χ0n) is 15.1. The van der Waals surface area contributed by atoms with Crippen molar-refractivity contribution < 1.29 is 9.13 Å². The summed E-state index contributed by atoms with van der Waals surface area (Å²) in [7, 11) is 1.94. The first kappa shape index (κ1) is 17.7. The van der Waals surface area contributed by atoms with Crippen molar-refractivity contribution in [3.63, 3.8) is 0 Å². The monoisotopic (exact) mass is 380 g/mol. The van der Waals surface area contributed by atoms with Gasteiger partial charge >= 0.3 is 0 Å². The lowest BCUT2D eigenvalue weighted by atomic mass is 9.95. The fourth-order valence-electron chi connectivity index (χ4n) is 3.18. The number of pyridine rings is 1. The van der Waals surface area contributed by atoms with Crippen molar-refractivity contribution in [1.82, 2.24) is 10.3 Å². The number of ether oxygens (including phenoxy) is 1. The molecule has 0 saturated heterocycles. The van der Waals surface area contributed by atoms with Gasteiger partial charge in [-0.15, -0.1) is 11.3 Å². The molecular weight excluding hydrogens is 359 g/mol. The molecule has 1 atom stereocenters. The summed E-state index contributed by atoms with van der Waals surface area (Å²) < 4.78 is 17.5. The van der Waals surface area contributed by atoms with E-state index < -0.39 is 6.67 Å². The first-order valence-corrected chi connectivity index (χ1v) is 9.84. The average molecular weight is 380 g/mol. The van der Waals surface area contributed by atoms with E-state index in [4.69, 9.17) is 9.72 Å². The second-order valence-corrected chi connectivity index (χ2v) is 7.44. The number of hydrogen-bond acceptors (Lipinski definition) is 4. The second kappa shape index (κ2) is 7.92.